The second-order valence-electron chi connectivity index (χ2n) is 4.33. The molecule has 16 heavy (non-hydrogen) atoms. The predicted molar refractivity (Wildman–Crippen MR) is 65.8 cm³/mol. The summed E-state index contributed by atoms with van der Waals surface area (Å²) in [5.41, 5.74) is 8.58. The highest BCUT2D eigenvalue weighted by atomic mass is 16.3. The van der Waals surface area contributed by atoms with E-state index in [0.29, 0.717) is 11.6 Å². The molecular weight excluding hydrogens is 198 g/mol. The molecule has 1 aliphatic rings. The number of benzene rings is 1. The molecule has 1 unspecified atom stereocenters. The van der Waals surface area contributed by atoms with E-state index in [0.717, 1.165) is 24.8 Å². The van der Waals surface area contributed by atoms with Crippen molar-refractivity contribution in [2.24, 2.45) is 5.92 Å². The van der Waals surface area contributed by atoms with Gasteiger partial charge in [0, 0.05) is 11.3 Å². The van der Waals surface area contributed by atoms with Crippen molar-refractivity contribution in [1.29, 1.82) is 0 Å². The van der Waals surface area contributed by atoms with Gasteiger partial charge in [0.05, 0.1) is 0 Å². The van der Waals surface area contributed by atoms with Gasteiger partial charge in [-0.15, -0.1) is 0 Å². The van der Waals surface area contributed by atoms with Crippen molar-refractivity contribution < 1.29 is 5.11 Å². The van der Waals surface area contributed by atoms with Crippen LogP contribution in [0.5, 0.6) is 0 Å². The minimum absolute atomic E-state index is 0.392. The molecule has 0 spiro atoms. The third kappa shape index (κ3) is 2.56. The van der Waals surface area contributed by atoms with Crippen LogP contribution in [0.3, 0.4) is 0 Å². The lowest BCUT2D eigenvalue weighted by Gasteiger charge is -2.02. The Morgan fingerprint density at radius 1 is 1.50 bits per heavy atom. The number of hydrogen-bond acceptors (Lipinski definition) is 2. The standard InChI is InChI=1S/C14H17NO/c1-2-10-3-7-13(15)12(9-10)6-8-14(16)11-4-5-11/h3,7,9,11,14,16H,2,4-5,15H2,1H3. The molecule has 0 bridgehead atoms. The molecule has 1 aromatic rings. The van der Waals surface area contributed by atoms with Gasteiger partial charge in [0.25, 0.3) is 0 Å². The highest BCUT2D eigenvalue weighted by Crippen LogP contribution is 2.32. The molecule has 0 aromatic heterocycles. The second kappa shape index (κ2) is 4.59. The summed E-state index contributed by atoms with van der Waals surface area (Å²) in [4.78, 5) is 0. The van der Waals surface area contributed by atoms with Crippen molar-refractivity contribution in [3.8, 4) is 11.8 Å². The first-order chi connectivity index (χ1) is 7.70. The first-order valence-corrected chi connectivity index (χ1v) is 5.78. The number of anilines is 1. The largest absolute Gasteiger partial charge is 0.398 e. The van der Waals surface area contributed by atoms with E-state index in [9.17, 15) is 5.11 Å². The molecule has 0 saturated heterocycles. The van der Waals surface area contributed by atoms with Gasteiger partial charge < -0.3 is 10.8 Å². The Bertz CT molecular complexity index is 438. The molecule has 0 aliphatic heterocycles. The fourth-order valence-corrected chi connectivity index (χ4v) is 1.61. The van der Waals surface area contributed by atoms with Gasteiger partial charge in [0.2, 0.25) is 0 Å². The lowest BCUT2D eigenvalue weighted by molar-refractivity contribution is 0.209. The van der Waals surface area contributed by atoms with E-state index in [1.54, 1.807) is 0 Å². The SMILES string of the molecule is CCc1ccc(N)c(C#CC(O)C2CC2)c1. The first kappa shape index (κ1) is 11.0. The number of nitrogen functional groups attached to an aromatic ring is 1. The smallest absolute Gasteiger partial charge is 0.117 e. The van der Waals surface area contributed by atoms with Crippen LogP contribution in [0.25, 0.3) is 0 Å². The summed E-state index contributed by atoms with van der Waals surface area (Å²) >= 11 is 0. The van der Waals surface area contributed by atoms with Gasteiger partial charge in [0.1, 0.15) is 6.10 Å². The monoisotopic (exact) mass is 215 g/mol. The third-order valence-corrected chi connectivity index (χ3v) is 2.95. The summed E-state index contributed by atoms with van der Waals surface area (Å²) in [6, 6.07) is 5.89. The Labute approximate surface area is 96.5 Å². The van der Waals surface area contributed by atoms with Crippen LogP contribution in [0.15, 0.2) is 18.2 Å². The summed E-state index contributed by atoms with van der Waals surface area (Å²) in [5, 5.41) is 9.65. The molecule has 0 amide bonds. The molecule has 1 aliphatic carbocycles. The van der Waals surface area contributed by atoms with Crippen molar-refractivity contribution in [2.75, 3.05) is 5.73 Å². The van der Waals surface area contributed by atoms with Gasteiger partial charge in [-0.25, -0.2) is 0 Å². The molecule has 1 fully saturated rings. The van der Waals surface area contributed by atoms with Crippen LogP contribution >= 0.6 is 0 Å². The number of aliphatic hydroxyl groups excluding tert-OH is 1. The van der Waals surface area contributed by atoms with Crippen molar-refractivity contribution in [1.82, 2.24) is 0 Å². The van der Waals surface area contributed by atoms with E-state index < -0.39 is 6.10 Å². The molecule has 2 heteroatoms. The number of rotatable bonds is 2. The number of aliphatic hydroxyl groups is 1. The molecule has 1 atom stereocenters. The van der Waals surface area contributed by atoms with Crippen LogP contribution in [0, 0.1) is 17.8 Å². The van der Waals surface area contributed by atoms with Crippen molar-refractivity contribution >= 4 is 5.69 Å². The normalized spacial score (nSPS) is 16.4. The topological polar surface area (TPSA) is 46.2 Å². The summed E-state index contributed by atoms with van der Waals surface area (Å²) in [5.74, 6) is 6.25. The highest BCUT2D eigenvalue weighted by Gasteiger charge is 2.28. The summed E-state index contributed by atoms with van der Waals surface area (Å²) in [6.45, 7) is 2.10. The Balaban J connectivity index is 2.18. The molecule has 1 saturated carbocycles. The van der Waals surface area contributed by atoms with Crippen molar-refractivity contribution in [3.05, 3.63) is 29.3 Å². The average molecular weight is 215 g/mol. The van der Waals surface area contributed by atoms with Crippen LogP contribution in [-0.4, -0.2) is 11.2 Å². The lowest BCUT2D eigenvalue weighted by atomic mass is 10.1. The maximum absolute atomic E-state index is 9.65. The molecule has 84 valence electrons. The minimum Gasteiger partial charge on any atom is -0.398 e. The van der Waals surface area contributed by atoms with Gasteiger partial charge in [0.15, 0.2) is 0 Å². The molecular formula is C14H17NO. The zero-order chi connectivity index (χ0) is 11.5. The first-order valence-electron chi connectivity index (χ1n) is 5.78. The van der Waals surface area contributed by atoms with E-state index in [-0.39, 0.29) is 0 Å². The van der Waals surface area contributed by atoms with Gasteiger partial charge in [-0.3, -0.25) is 0 Å². The molecule has 0 radical (unpaired) electrons. The fourth-order valence-electron chi connectivity index (χ4n) is 1.61. The van der Waals surface area contributed by atoms with Crippen LogP contribution in [0.4, 0.5) is 5.69 Å². The van der Waals surface area contributed by atoms with Crippen LogP contribution in [-0.2, 0) is 6.42 Å². The van der Waals surface area contributed by atoms with Crippen molar-refractivity contribution in [3.63, 3.8) is 0 Å². The predicted octanol–water partition coefficient (Wildman–Crippen LogP) is 1.95. The van der Waals surface area contributed by atoms with E-state index in [4.69, 9.17) is 5.73 Å². The average Bonchev–Trinajstić information content (AvgIpc) is 3.11. The highest BCUT2D eigenvalue weighted by molar-refractivity contribution is 5.57. The van der Waals surface area contributed by atoms with Crippen LogP contribution in [0.2, 0.25) is 0 Å². The van der Waals surface area contributed by atoms with Crippen LogP contribution in [0.1, 0.15) is 30.9 Å². The van der Waals surface area contributed by atoms with E-state index in [2.05, 4.69) is 18.8 Å². The Morgan fingerprint density at radius 2 is 2.25 bits per heavy atom. The van der Waals surface area contributed by atoms with E-state index >= 15 is 0 Å². The number of aryl methyl sites for hydroxylation is 1. The molecule has 2 rings (SSSR count). The van der Waals surface area contributed by atoms with Gasteiger partial charge >= 0.3 is 0 Å². The van der Waals surface area contributed by atoms with E-state index in [1.165, 1.54) is 5.56 Å². The van der Waals surface area contributed by atoms with Gasteiger partial charge in [-0.05, 0) is 42.9 Å². The van der Waals surface area contributed by atoms with Gasteiger partial charge in [-0.1, -0.05) is 24.8 Å². The number of nitrogens with two attached hydrogens (primary N) is 1. The summed E-state index contributed by atoms with van der Waals surface area (Å²) < 4.78 is 0. The Hall–Kier alpha value is -1.46. The summed E-state index contributed by atoms with van der Waals surface area (Å²) in [6.07, 6.45) is 2.69. The van der Waals surface area contributed by atoms with E-state index in [1.807, 2.05) is 18.2 Å². The number of hydrogen-bond donors (Lipinski definition) is 2. The van der Waals surface area contributed by atoms with Crippen molar-refractivity contribution in [2.45, 2.75) is 32.3 Å². The molecule has 1 aromatic carbocycles. The maximum Gasteiger partial charge on any atom is 0.117 e. The maximum atomic E-state index is 9.65. The zero-order valence-corrected chi connectivity index (χ0v) is 9.53. The summed E-state index contributed by atoms with van der Waals surface area (Å²) in [7, 11) is 0. The third-order valence-electron chi connectivity index (χ3n) is 2.95. The fraction of sp³-hybridized carbons (Fsp3) is 0.429. The molecule has 2 nitrogen and oxygen atoms in total. The molecule has 0 heterocycles. The zero-order valence-electron chi connectivity index (χ0n) is 9.53. The Kier molecular flexibility index (Phi) is 3.17. The van der Waals surface area contributed by atoms with Gasteiger partial charge in [-0.2, -0.15) is 0 Å². The minimum atomic E-state index is -0.482. The molecule has 3 N–H and O–H groups in total. The van der Waals surface area contributed by atoms with Crippen LogP contribution < -0.4 is 5.73 Å². The second-order valence-corrected chi connectivity index (χ2v) is 4.33. The quantitative estimate of drug-likeness (QED) is 0.585. The Morgan fingerprint density at radius 3 is 2.88 bits per heavy atom. The lowest BCUT2D eigenvalue weighted by Crippen LogP contribution is -2.05.